The van der Waals surface area contributed by atoms with E-state index in [-0.39, 0.29) is 36.5 Å². The van der Waals surface area contributed by atoms with Gasteiger partial charge in [-0.3, -0.25) is 28.8 Å². The minimum absolute atomic E-state index is 0.248. The van der Waals surface area contributed by atoms with Gasteiger partial charge in [0.2, 0.25) is 17.7 Å². The number of carbonyl (C=O) groups excluding carboxylic acids is 6. The average Bonchev–Trinajstić information content (AvgIpc) is 3.06. The van der Waals surface area contributed by atoms with Crippen molar-refractivity contribution in [1.29, 1.82) is 0 Å². The highest BCUT2D eigenvalue weighted by Crippen LogP contribution is 2.11. The van der Waals surface area contributed by atoms with Crippen LogP contribution < -0.4 is 34.4 Å². The lowest BCUT2D eigenvalue weighted by molar-refractivity contribution is -0.148. The Morgan fingerprint density at radius 1 is 0.490 bits per heavy atom. The zero-order valence-electron chi connectivity index (χ0n) is 29.0. The average molecular weight is 733 g/mol. The van der Waals surface area contributed by atoms with E-state index < -0.39 is 89.4 Å². The van der Waals surface area contributed by atoms with Gasteiger partial charge in [0.05, 0.1) is 54.3 Å². The zero-order chi connectivity index (χ0) is 40.8. The lowest BCUT2D eigenvalue weighted by atomic mass is 10.0. The Bertz CT molecular complexity index is 1210. The van der Waals surface area contributed by atoms with Gasteiger partial charge in [0.15, 0.2) is 0 Å². The van der Waals surface area contributed by atoms with E-state index in [1.165, 1.54) is 20.8 Å². The summed E-state index contributed by atoms with van der Waals surface area (Å²) in [5, 5.41) is 25.8. The molecule has 1 aromatic carbocycles. The summed E-state index contributed by atoms with van der Waals surface area (Å²) < 4.78 is 13.8. The van der Waals surface area contributed by atoms with Gasteiger partial charge in [-0.2, -0.15) is 0 Å². The molecule has 0 heterocycles. The number of benzene rings is 1. The smallest absolute Gasteiger partial charge is 0.335 e. The van der Waals surface area contributed by atoms with Gasteiger partial charge in [0, 0.05) is 0 Å². The Labute approximate surface area is 292 Å². The molecule has 0 saturated heterocycles. The molecule has 0 fully saturated rings. The summed E-state index contributed by atoms with van der Waals surface area (Å²) in [6, 6.07) is -0.168. The largest absolute Gasteiger partial charge is 0.478 e. The molecule has 0 saturated carbocycles. The molecular weight excluding hydrogens is 684 g/mol. The van der Waals surface area contributed by atoms with Crippen molar-refractivity contribution < 1.29 is 72.7 Å². The minimum atomic E-state index is -1.37. The van der Waals surface area contributed by atoms with Crippen molar-refractivity contribution in [1.82, 2.24) is 0 Å². The summed E-state index contributed by atoms with van der Waals surface area (Å²) in [5.74, 6) is -9.78. The second-order valence-electron chi connectivity index (χ2n) is 10.1. The lowest BCUT2D eigenvalue weighted by Crippen LogP contribution is -2.44. The number of esters is 3. The van der Waals surface area contributed by atoms with Crippen molar-refractivity contribution in [3.8, 4) is 0 Å². The van der Waals surface area contributed by atoms with Crippen LogP contribution in [0, 0.1) is 17.8 Å². The molecule has 21 nitrogen and oxygen atoms in total. The van der Waals surface area contributed by atoms with Crippen LogP contribution in [0.3, 0.4) is 0 Å². The number of hydrogen-bond donors (Lipinski definition) is 9. The number of rotatable bonds is 15. The van der Waals surface area contributed by atoms with Crippen LogP contribution in [0.4, 0.5) is 0 Å². The third-order valence-corrected chi connectivity index (χ3v) is 6.31. The SMILES string of the molecule is CCOC(=O)[C@@H](N)C(C)C(N)=O.CCOC(=O)[C@@H](N)C(C)C(N)=O.CCOC(=O)[C@@H](N)C(C)C(N)=O.O=C(O)c1cc(C(=O)O)cc(C(=O)O)c1. The van der Waals surface area contributed by atoms with Crippen molar-refractivity contribution in [2.24, 2.45) is 52.2 Å². The third-order valence-electron chi connectivity index (χ3n) is 6.31. The van der Waals surface area contributed by atoms with Crippen LogP contribution in [0.15, 0.2) is 18.2 Å². The van der Waals surface area contributed by atoms with Crippen LogP contribution in [0.5, 0.6) is 0 Å². The molecule has 0 radical (unpaired) electrons. The number of aromatic carboxylic acids is 3. The number of primary amides is 3. The van der Waals surface area contributed by atoms with Crippen molar-refractivity contribution in [3.63, 3.8) is 0 Å². The fraction of sp³-hybridized carbons (Fsp3) is 0.500. The molecule has 15 N–H and O–H groups in total. The van der Waals surface area contributed by atoms with E-state index in [0.717, 1.165) is 18.2 Å². The molecule has 3 unspecified atom stereocenters. The van der Waals surface area contributed by atoms with Crippen LogP contribution in [-0.2, 0) is 43.0 Å². The maximum Gasteiger partial charge on any atom is 0.335 e. The highest BCUT2D eigenvalue weighted by molar-refractivity contribution is 5.99. The van der Waals surface area contributed by atoms with Gasteiger partial charge in [-0.15, -0.1) is 0 Å². The maximum atomic E-state index is 10.9. The van der Waals surface area contributed by atoms with Gasteiger partial charge >= 0.3 is 35.8 Å². The minimum Gasteiger partial charge on any atom is -0.478 e. The Kier molecular flexibility index (Phi) is 24.7. The molecule has 0 aliphatic carbocycles. The predicted octanol–water partition coefficient (Wildman–Crippen LogP) is -2.22. The first kappa shape index (κ1) is 49.7. The molecule has 0 aliphatic rings. The molecule has 6 atom stereocenters. The summed E-state index contributed by atoms with van der Waals surface area (Å²) in [7, 11) is 0. The number of carbonyl (C=O) groups is 9. The highest BCUT2D eigenvalue weighted by Gasteiger charge is 2.27. The van der Waals surface area contributed by atoms with Crippen LogP contribution >= 0.6 is 0 Å². The number of carboxylic acids is 3. The fourth-order valence-corrected chi connectivity index (χ4v) is 2.86. The molecule has 288 valence electrons. The normalized spacial score (nSPS) is 13.4. The standard InChI is InChI=1S/C9H6O6.3C7H14N2O3/c10-7(11)4-1-5(8(12)13)3-6(2-4)9(14)15;3*1-3-12-7(11)5(8)4(2)6(9)10/h1-3H,(H,10,11)(H,12,13)(H,14,15);3*4-5H,3,8H2,1-2H3,(H2,9,10)/t;3*4?,5-/m.000/s1. The number of ether oxygens (including phenoxy) is 3. The Morgan fingerprint density at radius 3 is 0.784 bits per heavy atom. The van der Waals surface area contributed by atoms with Crippen LogP contribution in [0.1, 0.15) is 72.6 Å². The van der Waals surface area contributed by atoms with Gasteiger partial charge in [-0.05, 0) is 39.0 Å². The Balaban J connectivity index is -0.000000606. The first-order chi connectivity index (χ1) is 23.4. The van der Waals surface area contributed by atoms with E-state index in [1.807, 2.05) is 0 Å². The first-order valence-electron chi connectivity index (χ1n) is 14.9. The summed E-state index contributed by atoms with van der Waals surface area (Å²) in [6.45, 7) is 10.2. The van der Waals surface area contributed by atoms with E-state index in [0.29, 0.717) is 0 Å². The van der Waals surface area contributed by atoms with E-state index in [4.69, 9.17) is 49.7 Å². The first-order valence-corrected chi connectivity index (χ1v) is 14.9. The molecular formula is C30H48N6O15. The topological polar surface area (TPSA) is 398 Å². The zero-order valence-corrected chi connectivity index (χ0v) is 29.0. The number of amides is 3. The summed E-state index contributed by atoms with van der Waals surface area (Å²) in [6.07, 6.45) is 0. The predicted molar refractivity (Wildman–Crippen MR) is 176 cm³/mol. The number of hydrogen-bond acceptors (Lipinski definition) is 15. The van der Waals surface area contributed by atoms with E-state index in [1.54, 1.807) is 20.8 Å². The highest BCUT2D eigenvalue weighted by atomic mass is 16.5. The summed E-state index contributed by atoms with van der Waals surface area (Å²) in [4.78, 5) is 96.2. The molecule has 0 bridgehead atoms. The molecule has 0 aliphatic heterocycles. The monoisotopic (exact) mass is 732 g/mol. The molecule has 3 amide bonds. The third kappa shape index (κ3) is 19.8. The molecule has 1 aromatic rings. The number of nitrogens with two attached hydrogens (primary N) is 6. The van der Waals surface area contributed by atoms with Gasteiger partial charge in [-0.1, -0.05) is 20.8 Å². The summed E-state index contributed by atoms with van der Waals surface area (Å²) >= 11 is 0. The van der Waals surface area contributed by atoms with Gasteiger partial charge in [0.25, 0.3) is 0 Å². The Morgan fingerprint density at radius 2 is 0.667 bits per heavy atom. The molecule has 0 spiro atoms. The second-order valence-corrected chi connectivity index (χ2v) is 10.1. The molecule has 51 heavy (non-hydrogen) atoms. The molecule has 0 aromatic heterocycles. The van der Waals surface area contributed by atoms with Crippen molar-refractivity contribution >= 4 is 53.5 Å². The maximum absolute atomic E-state index is 10.9. The fourth-order valence-electron chi connectivity index (χ4n) is 2.86. The van der Waals surface area contributed by atoms with E-state index in [2.05, 4.69) is 14.2 Å². The Hall–Kier alpha value is -5.67. The quantitative estimate of drug-likeness (QED) is 0.0680. The second kappa shape index (κ2) is 25.3. The van der Waals surface area contributed by atoms with Crippen LogP contribution in [-0.4, -0.2) is 107 Å². The lowest BCUT2D eigenvalue weighted by Gasteiger charge is -2.14. The molecule has 1 rings (SSSR count). The van der Waals surface area contributed by atoms with Crippen molar-refractivity contribution in [3.05, 3.63) is 34.9 Å². The van der Waals surface area contributed by atoms with E-state index >= 15 is 0 Å². The van der Waals surface area contributed by atoms with Gasteiger partial charge in [-0.25, -0.2) is 14.4 Å². The van der Waals surface area contributed by atoms with Crippen molar-refractivity contribution in [2.45, 2.75) is 59.7 Å². The molecule has 21 heteroatoms. The van der Waals surface area contributed by atoms with Crippen LogP contribution in [0.25, 0.3) is 0 Å². The van der Waals surface area contributed by atoms with Gasteiger partial charge in [0.1, 0.15) is 18.1 Å². The van der Waals surface area contributed by atoms with Gasteiger partial charge < -0.3 is 63.9 Å². The number of carboxylic acid groups (broad SMARTS) is 3. The van der Waals surface area contributed by atoms with Crippen LogP contribution in [0.2, 0.25) is 0 Å². The van der Waals surface area contributed by atoms with E-state index in [9.17, 15) is 43.2 Å². The van der Waals surface area contributed by atoms with Crippen molar-refractivity contribution in [2.75, 3.05) is 19.8 Å². The summed E-state index contributed by atoms with van der Waals surface area (Å²) in [5.41, 5.74) is 29.8.